The van der Waals surface area contributed by atoms with Gasteiger partial charge in [-0.15, -0.1) is 0 Å². The highest BCUT2D eigenvalue weighted by Gasteiger charge is 2.21. The lowest BCUT2D eigenvalue weighted by Gasteiger charge is -2.05. The second-order valence-electron chi connectivity index (χ2n) is 5.95. The van der Waals surface area contributed by atoms with Crippen molar-refractivity contribution in [1.29, 1.82) is 5.26 Å². The molecule has 0 fully saturated rings. The average Bonchev–Trinajstić information content (AvgIpc) is 3.11. The number of imidazole rings is 1. The van der Waals surface area contributed by atoms with Gasteiger partial charge in [-0.1, -0.05) is 18.2 Å². The van der Waals surface area contributed by atoms with E-state index in [4.69, 9.17) is 4.74 Å². The van der Waals surface area contributed by atoms with E-state index in [0.717, 1.165) is 0 Å². The van der Waals surface area contributed by atoms with Crippen LogP contribution < -0.4 is 10.6 Å². The number of aromatic nitrogens is 2. The summed E-state index contributed by atoms with van der Waals surface area (Å²) >= 11 is 0. The van der Waals surface area contributed by atoms with Crippen LogP contribution in [0.15, 0.2) is 48.7 Å². The molecular formula is C20H19N5O3. The second kappa shape index (κ2) is 8.79. The number of nitrogens with zero attached hydrogens (tertiary/aromatic N) is 3. The highest BCUT2D eigenvalue weighted by Crippen LogP contribution is 2.18. The number of carbonyl (C=O) groups is 2. The Morgan fingerprint density at radius 1 is 1.18 bits per heavy atom. The summed E-state index contributed by atoms with van der Waals surface area (Å²) in [5, 5.41) is 14.7. The number of para-hydroxylation sites is 1. The summed E-state index contributed by atoms with van der Waals surface area (Å²) in [5.41, 5.74) is 1.33. The highest BCUT2D eigenvalue weighted by atomic mass is 16.5. The monoisotopic (exact) mass is 377 g/mol. The number of fused-ring (bicyclic) bond motifs is 1. The maximum Gasteiger partial charge on any atom is 0.287 e. The van der Waals surface area contributed by atoms with Gasteiger partial charge in [0.15, 0.2) is 5.69 Å². The predicted molar refractivity (Wildman–Crippen MR) is 103 cm³/mol. The van der Waals surface area contributed by atoms with Gasteiger partial charge in [0.2, 0.25) is 5.82 Å². The van der Waals surface area contributed by atoms with E-state index in [1.54, 1.807) is 60.2 Å². The van der Waals surface area contributed by atoms with Crippen molar-refractivity contribution in [2.45, 2.75) is 6.42 Å². The zero-order valence-electron chi connectivity index (χ0n) is 15.3. The van der Waals surface area contributed by atoms with Crippen molar-refractivity contribution in [3.8, 4) is 6.07 Å². The van der Waals surface area contributed by atoms with Crippen LogP contribution in [0.2, 0.25) is 0 Å². The number of pyridine rings is 1. The molecule has 8 nitrogen and oxygen atoms in total. The number of nitriles is 1. The van der Waals surface area contributed by atoms with Gasteiger partial charge in [0.1, 0.15) is 6.07 Å². The Kier molecular flexibility index (Phi) is 5.99. The molecule has 0 saturated carbocycles. The molecule has 0 bridgehead atoms. The van der Waals surface area contributed by atoms with Gasteiger partial charge in [0, 0.05) is 26.5 Å². The van der Waals surface area contributed by atoms with Gasteiger partial charge in [-0.3, -0.25) is 14.0 Å². The summed E-state index contributed by atoms with van der Waals surface area (Å²) in [6.07, 6.45) is 2.34. The van der Waals surface area contributed by atoms with Gasteiger partial charge in [-0.05, 0) is 30.7 Å². The van der Waals surface area contributed by atoms with Crippen molar-refractivity contribution in [1.82, 2.24) is 14.7 Å². The maximum absolute atomic E-state index is 12.8. The molecule has 142 valence electrons. The van der Waals surface area contributed by atoms with Gasteiger partial charge in [-0.2, -0.15) is 5.26 Å². The Morgan fingerprint density at radius 2 is 1.96 bits per heavy atom. The number of rotatable bonds is 7. The Balaban J connectivity index is 1.88. The van der Waals surface area contributed by atoms with Gasteiger partial charge in [-0.25, -0.2) is 4.98 Å². The fourth-order valence-electron chi connectivity index (χ4n) is 2.73. The standard InChI is InChI=1S/C20H19N5O3/c1-28-12-6-10-22-20(27)18-24-17(16-9-4-5-11-25(16)18)19(26)23-15-8-3-2-7-14(15)13-21/h2-5,7-9,11H,6,10,12H2,1H3,(H,22,27)(H,23,26). The predicted octanol–water partition coefficient (Wildman–Crippen LogP) is 2.22. The van der Waals surface area contributed by atoms with Crippen LogP contribution in [0.4, 0.5) is 5.69 Å². The fourth-order valence-corrected chi connectivity index (χ4v) is 2.73. The third kappa shape index (κ3) is 4.00. The van der Waals surface area contributed by atoms with Gasteiger partial charge in [0.05, 0.1) is 16.8 Å². The number of carbonyl (C=O) groups excluding carboxylic acids is 2. The molecule has 0 aliphatic heterocycles. The number of benzene rings is 1. The Hall–Kier alpha value is -3.70. The molecule has 0 aliphatic carbocycles. The summed E-state index contributed by atoms with van der Waals surface area (Å²) in [6.45, 7) is 0.972. The Labute approximate surface area is 161 Å². The normalized spacial score (nSPS) is 10.4. The maximum atomic E-state index is 12.8. The zero-order valence-corrected chi connectivity index (χ0v) is 15.3. The van der Waals surface area contributed by atoms with Crippen molar-refractivity contribution < 1.29 is 14.3 Å². The minimum absolute atomic E-state index is 0.107. The third-order valence-corrected chi connectivity index (χ3v) is 4.07. The van der Waals surface area contributed by atoms with E-state index in [-0.39, 0.29) is 17.4 Å². The van der Waals surface area contributed by atoms with Gasteiger partial charge >= 0.3 is 0 Å². The second-order valence-corrected chi connectivity index (χ2v) is 5.95. The van der Waals surface area contributed by atoms with Crippen LogP contribution in [0.3, 0.4) is 0 Å². The van der Waals surface area contributed by atoms with E-state index in [1.807, 2.05) is 6.07 Å². The van der Waals surface area contributed by atoms with Crippen LogP contribution in [-0.2, 0) is 4.74 Å². The van der Waals surface area contributed by atoms with Crippen molar-refractivity contribution in [3.63, 3.8) is 0 Å². The summed E-state index contributed by atoms with van der Waals surface area (Å²) in [5.74, 6) is -0.759. The lowest BCUT2D eigenvalue weighted by molar-refractivity contribution is 0.0937. The number of methoxy groups -OCH3 is 1. The number of hydrogen-bond acceptors (Lipinski definition) is 5. The molecule has 3 aromatic rings. The Morgan fingerprint density at radius 3 is 2.75 bits per heavy atom. The molecule has 28 heavy (non-hydrogen) atoms. The molecule has 0 atom stereocenters. The van der Waals surface area contributed by atoms with Gasteiger partial charge < -0.3 is 15.4 Å². The van der Waals surface area contributed by atoms with Crippen LogP contribution in [0, 0.1) is 11.3 Å². The van der Waals surface area contributed by atoms with Crippen molar-refractivity contribution >= 4 is 23.0 Å². The first-order chi connectivity index (χ1) is 13.7. The summed E-state index contributed by atoms with van der Waals surface area (Å²) in [4.78, 5) is 29.6. The van der Waals surface area contributed by atoms with Crippen LogP contribution >= 0.6 is 0 Å². The summed E-state index contributed by atoms with van der Waals surface area (Å²) in [6, 6.07) is 13.9. The van der Waals surface area contributed by atoms with Crippen molar-refractivity contribution in [2.24, 2.45) is 0 Å². The molecule has 2 amide bonds. The average molecular weight is 377 g/mol. The summed E-state index contributed by atoms with van der Waals surface area (Å²) in [7, 11) is 1.60. The summed E-state index contributed by atoms with van der Waals surface area (Å²) < 4.78 is 6.53. The largest absolute Gasteiger partial charge is 0.385 e. The number of anilines is 1. The van der Waals surface area contributed by atoms with E-state index < -0.39 is 5.91 Å². The molecule has 0 radical (unpaired) electrons. The number of amides is 2. The molecule has 8 heteroatoms. The fraction of sp³-hybridized carbons (Fsp3) is 0.200. The van der Waals surface area contributed by atoms with Crippen molar-refractivity contribution in [2.75, 3.05) is 25.6 Å². The molecule has 3 rings (SSSR count). The molecule has 0 aliphatic rings. The minimum Gasteiger partial charge on any atom is -0.385 e. The van der Waals surface area contributed by atoms with Crippen LogP contribution in [0.25, 0.3) is 5.52 Å². The first kappa shape index (κ1) is 19.1. The third-order valence-electron chi connectivity index (χ3n) is 4.07. The van der Waals surface area contributed by atoms with Crippen LogP contribution in [0.1, 0.15) is 33.1 Å². The molecule has 1 aromatic carbocycles. The number of nitrogens with one attached hydrogen (secondary N) is 2. The van der Waals surface area contributed by atoms with Gasteiger partial charge in [0.25, 0.3) is 11.8 Å². The molecule has 0 spiro atoms. The SMILES string of the molecule is COCCCNC(=O)c1nc(C(=O)Nc2ccccc2C#N)c2ccccn12. The van der Waals surface area contributed by atoms with E-state index in [1.165, 1.54) is 0 Å². The molecule has 2 N–H and O–H groups in total. The number of ether oxygens (including phenoxy) is 1. The van der Waals surface area contributed by atoms with E-state index >= 15 is 0 Å². The zero-order chi connectivity index (χ0) is 19.9. The topological polar surface area (TPSA) is 109 Å². The first-order valence-corrected chi connectivity index (χ1v) is 8.70. The highest BCUT2D eigenvalue weighted by molar-refractivity contribution is 6.09. The van der Waals surface area contributed by atoms with E-state index in [9.17, 15) is 14.9 Å². The molecule has 0 saturated heterocycles. The molecule has 0 unspecified atom stereocenters. The number of hydrogen-bond donors (Lipinski definition) is 2. The van der Waals surface area contributed by atoms with Crippen LogP contribution in [-0.4, -0.2) is 41.5 Å². The minimum atomic E-state index is -0.496. The molecule has 2 heterocycles. The first-order valence-electron chi connectivity index (χ1n) is 8.70. The Bertz CT molecular complexity index is 1050. The molecule has 2 aromatic heterocycles. The molecular weight excluding hydrogens is 358 g/mol. The lowest BCUT2D eigenvalue weighted by atomic mass is 10.2. The van der Waals surface area contributed by atoms with Crippen molar-refractivity contribution in [3.05, 3.63) is 65.7 Å². The van der Waals surface area contributed by atoms with E-state index in [0.29, 0.717) is 36.3 Å². The van der Waals surface area contributed by atoms with Crippen LogP contribution in [0.5, 0.6) is 0 Å². The quantitative estimate of drug-likeness (QED) is 0.614. The smallest absolute Gasteiger partial charge is 0.287 e. The van der Waals surface area contributed by atoms with E-state index in [2.05, 4.69) is 15.6 Å². The lowest BCUT2D eigenvalue weighted by Crippen LogP contribution is -2.27.